The Morgan fingerprint density at radius 2 is 1.71 bits per heavy atom. The molecule has 0 radical (unpaired) electrons. The molecule has 1 fully saturated rings. The Kier molecular flexibility index (Phi) is 6.71. The number of hydrogen-bond acceptors (Lipinski definition) is 4. The monoisotopic (exact) mass is 357 g/mol. The maximum absolute atomic E-state index is 5.51. The Balaban J connectivity index is 1.86. The molecule has 21 heavy (non-hydrogen) atoms. The van der Waals surface area contributed by atoms with Crippen LogP contribution in [0.2, 0.25) is 0 Å². The number of hydrogen-bond donors (Lipinski definition) is 0. The first-order valence-corrected chi connectivity index (χ1v) is 9.07. The minimum atomic E-state index is 0.619. The molecule has 0 aromatic carbocycles. The number of rotatable bonds is 10. The second-order valence-corrected chi connectivity index (χ2v) is 6.59. The minimum absolute atomic E-state index is 0.619. The third-order valence-corrected chi connectivity index (χ3v) is 5.01. The normalized spacial score (nSPS) is 15.3. The predicted molar refractivity (Wildman–Crippen MR) is 89.5 cm³/mol. The van der Waals surface area contributed by atoms with Gasteiger partial charge in [-0.3, -0.25) is 4.90 Å². The van der Waals surface area contributed by atoms with Crippen molar-refractivity contribution < 1.29 is 4.52 Å². The minimum Gasteiger partial charge on any atom is -0.360 e. The maximum Gasteiger partial charge on any atom is 0.153 e. The molecule has 1 aliphatic carbocycles. The van der Waals surface area contributed by atoms with Crippen LogP contribution in [0.25, 0.3) is 0 Å². The van der Waals surface area contributed by atoms with Crippen molar-refractivity contribution in [2.45, 2.75) is 52.5 Å². The fourth-order valence-electron chi connectivity index (χ4n) is 2.74. The Morgan fingerprint density at radius 3 is 2.29 bits per heavy atom. The third kappa shape index (κ3) is 4.80. The molecule has 0 atom stereocenters. The van der Waals surface area contributed by atoms with Crippen LogP contribution < -0.4 is 0 Å². The highest BCUT2D eigenvalue weighted by atomic mass is 79.9. The first-order chi connectivity index (χ1) is 10.2. The first-order valence-electron chi connectivity index (χ1n) is 8.28. The molecule has 0 spiro atoms. The number of aromatic nitrogens is 1. The molecule has 5 heteroatoms. The lowest BCUT2D eigenvalue weighted by molar-refractivity contribution is 0.237. The van der Waals surface area contributed by atoms with E-state index in [2.05, 4.69) is 51.7 Å². The fraction of sp³-hybridized carbons (Fsp3) is 0.812. The molecule has 0 aliphatic heterocycles. The maximum atomic E-state index is 5.51. The Labute approximate surface area is 137 Å². The lowest BCUT2D eigenvalue weighted by atomic mass is 10.2. The van der Waals surface area contributed by atoms with Crippen LogP contribution in [0.5, 0.6) is 0 Å². The zero-order chi connectivity index (χ0) is 15.2. The largest absolute Gasteiger partial charge is 0.360 e. The number of nitrogens with zero attached hydrogens (tertiary/aromatic N) is 3. The van der Waals surface area contributed by atoms with Gasteiger partial charge >= 0.3 is 0 Å². The molecular formula is C16H28BrN3O. The van der Waals surface area contributed by atoms with Crippen LogP contribution in [0.1, 0.15) is 57.3 Å². The molecule has 120 valence electrons. The van der Waals surface area contributed by atoms with Gasteiger partial charge in [0.05, 0.1) is 0 Å². The van der Waals surface area contributed by atoms with Crippen molar-refractivity contribution >= 4 is 15.9 Å². The summed E-state index contributed by atoms with van der Waals surface area (Å²) >= 11 is 3.54. The molecule has 4 nitrogen and oxygen atoms in total. The van der Waals surface area contributed by atoms with Crippen molar-refractivity contribution in [2.24, 2.45) is 0 Å². The zero-order valence-electron chi connectivity index (χ0n) is 13.6. The number of halogens is 1. The zero-order valence-corrected chi connectivity index (χ0v) is 15.2. The van der Waals surface area contributed by atoms with E-state index in [0.29, 0.717) is 5.92 Å². The van der Waals surface area contributed by atoms with E-state index in [9.17, 15) is 0 Å². The molecule has 1 saturated carbocycles. The first kappa shape index (κ1) is 17.0. The molecule has 0 saturated heterocycles. The summed E-state index contributed by atoms with van der Waals surface area (Å²) < 4.78 is 6.41. The summed E-state index contributed by atoms with van der Waals surface area (Å²) in [4.78, 5) is 4.98. The van der Waals surface area contributed by atoms with Crippen LogP contribution in [0.4, 0.5) is 0 Å². The van der Waals surface area contributed by atoms with Gasteiger partial charge in [-0.2, -0.15) is 0 Å². The molecule has 1 aromatic rings. The van der Waals surface area contributed by atoms with E-state index in [1.165, 1.54) is 31.4 Å². The van der Waals surface area contributed by atoms with E-state index in [-0.39, 0.29) is 0 Å². The van der Waals surface area contributed by atoms with Crippen LogP contribution in [-0.2, 0) is 6.54 Å². The van der Waals surface area contributed by atoms with Gasteiger partial charge in [-0.05, 0) is 67.9 Å². The van der Waals surface area contributed by atoms with Crippen LogP contribution in [0, 0.1) is 0 Å². The Hall–Kier alpha value is -0.390. The van der Waals surface area contributed by atoms with Gasteiger partial charge in [0, 0.05) is 18.0 Å². The third-order valence-electron chi connectivity index (χ3n) is 4.39. The van der Waals surface area contributed by atoms with Crippen LogP contribution in [-0.4, -0.2) is 47.7 Å². The van der Waals surface area contributed by atoms with E-state index in [0.717, 1.165) is 43.1 Å². The van der Waals surface area contributed by atoms with Crippen LogP contribution in [0.3, 0.4) is 0 Å². The average molecular weight is 358 g/mol. The molecular weight excluding hydrogens is 330 g/mol. The summed E-state index contributed by atoms with van der Waals surface area (Å²) in [6, 6.07) is 0. The quantitative estimate of drug-likeness (QED) is 0.636. The van der Waals surface area contributed by atoms with Crippen molar-refractivity contribution in [1.82, 2.24) is 15.0 Å². The van der Waals surface area contributed by atoms with Crippen molar-refractivity contribution in [3.05, 3.63) is 15.9 Å². The van der Waals surface area contributed by atoms with Crippen molar-refractivity contribution in [3.8, 4) is 0 Å². The van der Waals surface area contributed by atoms with Crippen LogP contribution in [0.15, 0.2) is 9.13 Å². The molecule has 0 N–H and O–H groups in total. The highest BCUT2D eigenvalue weighted by Crippen LogP contribution is 2.43. The summed E-state index contributed by atoms with van der Waals surface area (Å²) in [5.74, 6) is 1.73. The molecule has 0 unspecified atom stereocenters. The van der Waals surface area contributed by atoms with Gasteiger partial charge in [0.2, 0.25) is 0 Å². The smallest absolute Gasteiger partial charge is 0.153 e. The summed E-state index contributed by atoms with van der Waals surface area (Å²) in [6.07, 6.45) is 3.72. The summed E-state index contributed by atoms with van der Waals surface area (Å²) in [5.41, 5.74) is 1.27. The van der Waals surface area contributed by atoms with Crippen molar-refractivity contribution in [3.63, 3.8) is 0 Å². The Bertz CT molecular complexity index is 427. The molecule has 0 amide bonds. The van der Waals surface area contributed by atoms with Gasteiger partial charge in [-0.15, -0.1) is 0 Å². The van der Waals surface area contributed by atoms with Crippen molar-refractivity contribution in [1.29, 1.82) is 0 Å². The molecule has 0 bridgehead atoms. The van der Waals surface area contributed by atoms with E-state index in [1.807, 2.05) is 0 Å². The lowest BCUT2D eigenvalue weighted by Gasteiger charge is -2.23. The van der Waals surface area contributed by atoms with E-state index >= 15 is 0 Å². The van der Waals surface area contributed by atoms with Gasteiger partial charge < -0.3 is 9.42 Å². The van der Waals surface area contributed by atoms with Gasteiger partial charge in [0.15, 0.2) is 4.60 Å². The van der Waals surface area contributed by atoms with E-state index in [4.69, 9.17) is 4.52 Å². The Morgan fingerprint density at radius 1 is 1.10 bits per heavy atom. The van der Waals surface area contributed by atoms with Gasteiger partial charge in [0.25, 0.3) is 0 Å². The molecule has 1 aromatic heterocycles. The summed E-state index contributed by atoms with van der Waals surface area (Å²) in [7, 11) is 0. The second-order valence-electron chi connectivity index (χ2n) is 5.84. The average Bonchev–Trinajstić information content (AvgIpc) is 3.28. The van der Waals surface area contributed by atoms with Crippen LogP contribution >= 0.6 is 15.9 Å². The SMILES string of the molecule is CCN(CC)CCCN(CC)Cc1c(Br)noc1C1CC1. The molecule has 1 heterocycles. The second kappa shape index (κ2) is 8.30. The topological polar surface area (TPSA) is 32.5 Å². The highest BCUT2D eigenvalue weighted by Gasteiger charge is 2.32. The van der Waals surface area contributed by atoms with Crippen molar-refractivity contribution in [2.75, 3.05) is 32.7 Å². The van der Waals surface area contributed by atoms with Gasteiger partial charge in [0.1, 0.15) is 5.76 Å². The van der Waals surface area contributed by atoms with E-state index in [1.54, 1.807) is 0 Å². The lowest BCUT2D eigenvalue weighted by Crippen LogP contribution is -2.30. The summed E-state index contributed by atoms with van der Waals surface area (Å²) in [6.45, 7) is 13.3. The predicted octanol–water partition coefficient (Wildman–Crippen LogP) is 3.87. The fourth-order valence-corrected chi connectivity index (χ4v) is 3.13. The molecule has 1 aliphatic rings. The molecule has 2 rings (SSSR count). The standard InChI is InChI=1S/C16H28BrN3O/c1-4-19(5-2)10-7-11-20(6-3)12-14-15(13-8-9-13)21-18-16(14)17/h13H,4-12H2,1-3H3. The summed E-state index contributed by atoms with van der Waals surface area (Å²) in [5, 5.41) is 4.11. The van der Waals surface area contributed by atoms with E-state index < -0.39 is 0 Å². The van der Waals surface area contributed by atoms with Gasteiger partial charge in [-0.1, -0.05) is 25.9 Å². The highest BCUT2D eigenvalue weighted by molar-refractivity contribution is 9.10. The van der Waals surface area contributed by atoms with Gasteiger partial charge in [-0.25, -0.2) is 0 Å².